The van der Waals surface area contributed by atoms with Crippen molar-refractivity contribution in [3.8, 4) is 11.5 Å². The molecular weight excluding hydrogens is 564 g/mol. The maximum Gasteiger partial charge on any atom is 0.268 e. The molecule has 4 rings (SSSR count). The number of anilines is 2. The van der Waals surface area contributed by atoms with Crippen LogP contribution in [0.5, 0.6) is 11.5 Å². The van der Waals surface area contributed by atoms with Crippen LogP contribution in [0.3, 0.4) is 0 Å². The number of hydrogen-bond acceptors (Lipinski definition) is 8. The van der Waals surface area contributed by atoms with Crippen LogP contribution in [0.1, 0.15) is 22.9 Å². The van der Waals surface area contributed by atoms with Crippen molar-refractivity contribution in [3.63, 3.8) is 0 Å². The summed E-state index contributed by atoms with van der Waals surface area (Å²) in [5.41, 5.74) is 7.17. The Kier molecular flexibility index (Phi) is 8.72. The van der Waals surface area contributed by atoms with Crippen LogP contribution in [0, 0.1) is 18.6 Å². The van der Waals surface area contributed by atoms with Crippen LogP contribution in [0.25, 0.3) is 0 Å². The number of nitrogens with one attached hydrogen (secondary N) is 1. The number of nitrogens with zero attached hydrogens (tertiary/aromatic N) is 3. The number of aromatic nitrogens is 2. The number of nitrogens with two attached hydrogens (primary N) is 1. The number of ether oxygens (including phenoxy) is 2. The Balaban J connectivity index is 1.73. The predicted molar refractivity (Wildman–Crippen MR) is 148 cm³/mol. The molecule has 1 aromatic heterocycles. The average Bonchev–Trinajstić information content (AvgIpc) is 2.94. The lowest BCUT2D eigenvalue weighted by atomic mass is 10.1. The molecular formula is C27H26ClF2N5O4S. The summed E-state index contributed by atoms with van der Waals surface area (Å²) in [7, 11) is -1.58. The van der Waals surface area contributed by atoms with Gasteiger partial charge in [0.2, 0.25) is 0 Å². The predicted octanol–water partition coefficient (Wildman–Crippen LogP) is 5.20. The second-order valence-corrected chi connectivity index (χ2v) is 10.9. The molecule has 4 aromatic rings. The highest BCUT2D eigenvalue weighted by Crippen LogP contribution is 2.33. The Morgan fingerprint density at radius 2 is 1.82 bits per heavy atom. The van der Waals surface area contributed by atoms with Gasteiger partial charge in [0.15, 0.2) is 0 Å². The van der Waals surface area contributed by atoms with Gasteiger partial charge in [0.05, 0.1) is 20.8 Å². The van der Waals surface area contributed by atoms with Gasteiger partial charge in [-0.05, 0) is 55.0 Å². The number of aryl methyl sites for hydroxylation is 1. The third-order valence-electron chi connectivity index (χ3n) is 6.08. The maximum atomic E-state index is 15.5. The van der Waals surface area contributed by atoms with Crippen molar-refractivity contribution < 1.29 is 26.7 Å². The van der Waals surface area contributed by atoms with Gasteiger partial charge in [-0.25, -0.2) is 31.5 Å². The standard InChI is InChI=1S/C27H26ClF2N5O4S/c1-16-10-25(22(30)13-23(16)34-27(31)20-11-18(28)5-7-21(20)29)40(36,37)35(26-8-9-32-15-33-26)14-17-4-6-19(38-2)12-24(17)39-3/h4-13,15,27,34H,14,31H2,1-3H3/t27-/m1/s1. The molecule has 13 heteroatoms. The SMILES string of the molecule is COc1ccc(CN(c2ccncn2)S(=O)(=O)c2cc(C)c(N[C@@H](N)c3cc(Cl)ccc3F)cc2F)c(OC)c1. The van der Waals surface area contributed by atoms with E-state index in [0.29, 0.717) is 22.6 Å². The van der Waals surface area contributed by atoms with Crippen molar-refractivity contribution >= 4 is 33.1 Å². The molecule has 210 valence electrons. The lowest BCUT2D eigenvalue weighted by Gasteiger charge is -2.25. The minimum Gasteiger partial charge on any atom is -0.497 e. The minimum atomic E-state index is -4.51. The van der Waals surface area contributed by atoms with E-state index in [1.54, 1.807) is 25.1 Å². The van der Waals surface area contributed by atoms with Crippen molar-refractivity contribution in [2.75, 3.05) is 23.8 Å². The first-order chi connectivity index (χ1) is 19.0. The lowest BCUT2D eigenvalue weighted by Crippen LogP contribution is -2.32. The van der Waals surface area contributed by atoms with Gasteiger partial charge < -0.3 is 20.5 Å². The van der Waals surface area contributed by atoms with E-state index in [1.165, 1.54) is 57.1 Å². The molecule has 0 amide bonds. The molecule has 0 aliphatic rings. The second kappa shape index (κ2) is 12.0. The molecule has 1 heterocycles. The monoisotopic (exact) mass is 589 g/mol. The molecule has 3 aromatic carbocycles. The van der Waals surface area contributed by atoms with Crippen LogP contribution in [0.4, 0.5) is 20.3 Å². The Labute approximate surface area is 235 Å². The van der Waals surface area contributed by atoms with Crippen molar-refractivity contribution in [2.45, 2.75) is 24.5 Å². The summed E-state index contributed by atoms with van der Waals surface area (Å²) in [6.45, 7) is 1.34. The van der Waals surface area contributed by atoms with E-state index >= 15 is 4.39 Å². The fourth-order valence-corrected chi connectivity index (χ4v) is 5.70. The zero-order valence-electron chi connectivity index (χ0n) is 21.7. The molecule has 0 saturated heterocycles. The summed E-state index contributed by atoms with van der Waals surface area (Å²) in [5, 5.41) is 3.10. The first-order valence-corrected chi connectivity index (χ1v) is 13.6. The van der Waals surface area contributed by atoms with Gasteiger partial charge in [0, 0.05) is 40.2 Å². The molecule has 0 saturated carbocycles. The summed E-state index contributed by atoms with van der Waals surface area (Å²) in [5.74, 6) is -0.751. The van der Waals surface area contributed by atoms with Gasteiger partial charge in [-0.15, -0.1) is 0 Å². The van der Waals surface area contributed by atoms with Crippen LogP contribution in [-0.2, 0) is 16.6 Å². The van der Waals surface area contributed by atoms with Gasteiger partial charge in [-0.3, -0.25) is 0 Å². The topological polar surface area (TPSA) is 120 Å². The van der Waals surface area contributed by atoms with Gasteiger partial charge >= 0.3 is 0 Å². The van der Waals surface area contributed by atoms with Gasteiger partial charge in [0.1, 0.15) is 46.3 Å². The van der Waals surface area contributed by atoms with E-state index < -0.39 is 32.7 Å². The Morgan fingerprint density at radius 1 is 1.05 bits per heavy atom. The van der Waals surface area contributed by atoms with E-state index in [1.807, 2.05) is 0 Å². The molecule has 3 N–H and O–H groups in total. The normalized spacial score (nSPS) is 12.1. The number of sulfonamides is 1. The molecule has 1 atom stereocenters. The number of benzene rings is 3. The Hall–Kier alpha value is -4.00. The van der Waals surface area contributed by atoms with Crippen LogP contribution in [0.15, 0.2) is 72.0 Å². The average molecular weight is 590 g/mol. The zero-order chi connectivity index (χ0) is 29.0. The summed E-state index contributed by atoms with van der Waals surface area (Å²) in [4.78, 5) is 7.34. The Morgan fingerprint density at radius 3 is 2.50 bits per heavy atom. The van der Waals surface area contributed by atoms with Crippen LogP contribution in [-0.4, -0.2) is 32.6 Å². The first-order valence-electron chi connectivity index (χ1n) is 11.8. The number of halogens is 3. The molecule has 0 radical (unpaired) electrons. The van der Waals surface area contributed by atoms with E-state index in [0.717, 1.165) is 10.4 Å². The van der Waals surface area contributed by atoms with E-state index in [2.05, 4.69) is 15.3 Å². The van der Waals surface area contributed by atoms with Gasteiger partial charge in [0.25, 0.3) is 10.0 Å². The van der Waals surface area contributed by atoms with Crippen molar-refractivity contribution in [2.24, 2.45) is 5.73 Å². The zero-order valence-corrected chi connectivity index (χ0v) is 23.3. The number of hydrogen-bond donors (Lipinski definition) is 2. The molecule has 0 aliphatic heterocycles. The van der Waals surface area contributed by atoms with Crippen molar-refractivity contribution in [3.05, 3.63) is 100 Å². The highest BCUT2D eigenvalue weighted by atomic mass is 35.5. The summed E-state index contributed by atoms with van der Waals surface area (Å²) < 4.78 is 69.3. The summed E-state index contributed by atoms with van der Waals surface area (Å²) >= 11 is 5.96. The first kappa shape index (κ1) is 29.0. The molecule has 40 heavy (non-hydrogen) atoms. The number of methoxy groups -OCH3 is 2. The van der Waals surface area contributed by atoms with Crippen LogP contribution >= 0.6 is 11.6 Å². The van der Waals surface area contributed by atoms with E-state index in [-0.39, 0.29) is 28.6 Å². The quantitative estimate of drug-likeness (QED) is 0.242. The van der Waals surface area contributed by atoms with E-state index in [9.17, 15) is 12.8 Å². The smallest absolute Gasteiger partial charge is 0.268 e. The number of rotatable bonds is 10. The van der Waals surface area contributed by atoms with Gasteiger partial charge in [-0.1, -0.05) is 11.6 Å². The molecule has 0 fully saturated rings. The van der Waals surface area contributed by atoms with E-state index in [4.69, 9.17) is 26.8 Å². The largest absolute Gasteiger partial charge is 0.497 e. The lowest BCUT2D eigenvalue weighted by molar-refractivity contribution is 0.391. The second-order valence-electron chi connectivity index (χ2n) is 8.64. The molecule has 0 unspecified atom stereocenters. The van der Waals surface area contributed by atoms with Crippen molar-refractivity contribution in [1.29, 1.82) is 0 Å². The molecule has 9 nitrogen and oxygen atoms in total. The minimum absolute atomic E-state index is 0.0191. The van der Waals surface area contributed by atoms with Gasteiger partial charge in [-0.2, -0.15) is 0 Å². The molecule has 0 aliphatic carbocycles. The maximum absolute atomic E-state index is 15.5. The Bertz CT molecular complexity index is 1630. The molecule has 0 bridgehead atoms. The third-order valence-corrected chi connectivity index (χ3v) is 8.08. The highest BCUT2D eigenvalue weighted by Gasteiger charge is 2.31. The summed E-state index contributed by atoms with van der Waals surface area (Å²) in [6, 6.07) is 12.4. The summed E-state index contributed by atoms with van der Waals surface area (Å²) in [6.07, 6.45) is 1.48. The molecule has 0 spiro atoms. The van der Waals surface area contributed by atoms with Crippen molar-refractivity contribution in [1.82, 2.24) is 9.97 Å². The third kappa shape index (κ3) is 6.09. The highest BCUT2D eigenvalue weighted by molar-refractivity contribution is 7.92. The van der Waals surface area contributed by atoms with Crippen LogP contribution in [0.2, 0.25) is 5.02 Å². The van der Waals surface area contributed by atoms with Crippen LogP contribution < -0.4 is 24.8 Å². The fourth-order valence-electron chi connectivity index (χ4n) is 3.98. The fraction of sp³-hybridized carbons (Fsp3) is 0.185.